The molecule has 0 spiro atoms. The SMILES string of the molecule is CCN(c1cc2nn(-c3ccc(Nc4ccccc4F)cc3)c(C(=O)NC)c2cc1C1CC1)S(C)(=O)=O. The Morgan fingerprint density at radius 3 is 2.43 bits per heavy atom. The van der Waals surface area contributed by atoms with Crippen LogP contribution in [-0.4, -0.2) is 44.0 Å². The molecule has 1 amide bonds. The summed E-state index contributed by atoms with van der Waals surface area (Å²) in [6.07, 6.45) is 3.14. The molecule has 4 aromatic rings. The molecule has 10 heteroatoms. The van der Waals surface area contributed by atoms with Crippen LogP contribution in [0, 0.1) is 5.82 Å². The lowest BCUT2D eigenvalue weighted by atomic mass is 10.0. The maximum absolute atomic E-state index is 14.0. The second kappa shape index (κ2) is 9.51. The quantitative estimate of drug-likeness (QED) is 0.343. The van der Waals surface area contributed by atoms with Crippen LogP contribution < -0.4 is 14.9 Å². The summed E-state index contributed by atoms with van der Waals surface area (Å²) in [5, 5.41) is 11.1. The van der Waals surface area contributed by atoms with E-state index >= 15 is 0 Å². The van der Waals surface area contributed by atoms with Crippen LogP contribution in [0.5, 0.6) is 0 Å². The lowest BCUT2D eigenvalue weighted by Crippen LogP contribution is -2.30. The van der Waals surface area contributed by atoms with Crippen molar-refractivity contribution in [1.82, 2.24) is 15.1 Å². The van der Waals surface area contributed by atoms with Gasteiger partial charge in [-0.1, -0.05) is 12.1 Å². The van der Waals surface area contributed by atoms with E-state index in [1.54, 1.807) is 67.2 Å². The molecule has 8 nitrogen and oxygen atoms in total. The Kier molecular flexibility index (Phi) is 6.36. The van der Waals surface area contributed by atoms with Crippen molar-refractivity contribution in [1.29, 1.82) is 0 Å². The molecule has 1 heterocycles. The standard InChI is InChI=1S/C27H28FN5O3S/c1-4-32(37(3,35)36)25-16-24-21(15-20(25)17-9-10-17)26(27(34)29-2)33(31-24)19-13-11-18(12-14-19)30-23-8-6-5-7-22(23)28/h5-8,11-17,30H,4,9-10H2,1-3H3,(H,29,34). The van der Waals surface area contributed by atoms with Crippen LogP contribution in [-0.2, 0) is 10.0 Å². The van der Waals surface area contributed by atoms with E-state index in [2.05, 4.69) is 10.6 Å². The van der Waals surface area contributed by atoms with Gasteiger partial charge in [0.25, 0.3) is 5.91 Å². The van der Waals surface area contributed by atoms with Crippen LogP contribution in [0.25, 0.3) is 16.6 Å². The van der Waals surface area contributed by atoms with Crippen LogP contribution in [0.2, 0.25) is 0 Å². The van der Waals surface area contributed by atoms with Crippen molar-refractivity contribution in [3.05, 3.63) is 77.7 Å². The van der Waals surface area contributed by atoms with Crippen molar-refractivity contribution >= 4 is 43.9 Å². The number of anilines is 3. The number of para-hydroxylation sites is 1. The first-order valence-corrected chi connectivity index (χ1v) is 13.9. The molecule has 0 unspecified atom stereocenters. The van der Waals surface area contributed by atoms with Gasteiger partial charge in [0.2, 0.25) is 10.0 Å². The van der Waals surface area contributed by atoms with Gasteiger partial charge >= 0.3 is 0 Å². The van der Waals surface area contributed by atoms with E-state index in [4.69, 9.17) is 5.10 Å². The van der Waals surface area contributed by atoms with E-state index in [9.17, 15) is 17.6 Å². The Balaban J connectivity index is 1.62. The highest BCUT2D eigenvalue weighted by Crippen LogP contribution is 2.46. The van der Waals surface area contributed by atoms with Crippen LogP contribution in [0.15, 0.2) is 60.7 Å². The summed E-state index contributed by atoms with van der Waals surface area (Å²) < 4.78 is 42.1. The highest BCUT2D eigenvalue weighted by Gasteiger charge is 2.32. The topological polar surface area (TPSA) is 96.3 Å². The first-order chi connectivity index (χ1) is 17.7. The van der Waals surface area contributed by atoms with Gasteiger partial charge in [-0.3, -0.25) is 9.10 Å². The molecular weight excluding hydrogens is 493 g/mol. The summed E-state index contributed by atoms with van der Waals surface area (Å²) in [6.45, 7) is 2.09. The molecule has 0 saturated heterocycles. The second-order valence-corrected chi connectivity index (χ2v) is 11.0. The van der Waals surface area contributed by atoms with Crippen molar-refractivity contribution < 1.29 is 17.6 Å². The predicted molar refractivity (Wildman–Crippen MR) is 144 cm³/mol. The van der Waals surface area contributed by atoms with Gasteiger partial charge in [-0.2, -0.15) is 5.10 Å². The zero-order chi connectivity index (χ0) is 26.3. The van der Waals surface area contributed by atoms with Crippen molar-refractivity contribution in [2.24, 2.45) is 0 Å². The molecule has 0 atom stereocenters. The fourth-order valence-corrected chi connectivity index (χ4v) is 5.57. The highest BCUT2D eigenvalue weighted by atomic mass is 32.2. The predicted octanol–water partition coefficient (Wildman–Crippen LogP) is 4.93. The summed E-state index contributed by atoms with van der Waals surface area (Å²) in [6, 6.07) is 17.2. The fourth-order valence-electron chi connectivity index (χ4n) is 4.59. The molecule has 37 heavy (non-hydrogen) atoms. The maximum Gasteiger partial charge on any atom is 0.270 e. The number of hydrogen-bond acceptors (Lipinski definition) is 5. The van der Waals surface area contributed by atoms with Gasteiger partial charge in [0.05, 0.1) is 28.8 Å². The van der Waals surface area contributed by atoms with Gasteiger partial charge in [-0.15, -0.1) is 0 Å². The number of hydrogen-bond donors (Lipinski definition) is 2. The van der Waals surface area contributed by atoms with E-state index in [0.29, 0.717) is 45.9 Å². The number of carbonyl (C=O) groups is 1. The first kappa shape index (κ1) is 24.8. The molecule has 5 rings (SSSR count). The molecule has 192 valence electrons. The van der Waals surface area contributed by atoms with E-state index < -0.39 is 10.0 Å². The van der Waals surface area contributed by atoms with Gasteiger partial charge < -0.3 is 10.6 Å². The number of nitrogens with zero attached hydrogens (tertiary/aromatic N) is 3. The Morgan fingerprint density at radius 1 is 1.14 bits per heavy atom. The molecule has 1 aliphatic carbocycles. The third-order valence-electron chi connectivity index (χ3n) is 6.50. The minimum Gasteiger partial charge on any atom is -0.354 e. The minimum absolute atomic E-state index is 0.250. The molecule has 1 fully saturated rings. The van der Waals surface area contributed by atoms with E-state index in [-0.39, 0.29) is 17.6 Å². The Morgan fingerprint density at radius 2 is 1.84 bits per heavy atom. The molecule has 0 aliphatic heterocycles. The van der Waals surface area contributed by atoms with E-state index in [1.807, 2.05) is 6.07 Å². The van der Waals surface area contributed by atoms with Gasteiger partial charge in [0.15, 0.2) is 0 Å². The Labute approximate surface area is 215 Å². The molecule has 1 aromatic heterocycles. The summed E-state index contributed by atoms with van der Waals surface area (Å²) in [4.78, 5) is 13.0. The molecule has 1 saturated carbocycles. The van der Waals surface area contributed by atoms with Crippen molar-refractivity contribution in [2.45, 2.75) is 25.7 Å². The Bertz CT molecular complexity index is 1590. The van der Waals surface area contributed by atoms with Crippen molar-refractivity contribution in [3.8, 4) is 5.69 Å². The normalized spacial score (nSPS) is 13.5. The van der Waals surface area contributed by atoms with Crippen LogP contribution in [0.4, 0.5) is 21.5 Å². The lowest BCUT2D eigenvalue weighted by Gasteiger charge is -2.23. The van der Waals surface area contributed by atoms with E-state index in [1.165, 1.54) is 16.6 Å². The summed E-state index contributed by atoms with van der Waals surface area (Å²) in [5.41, 5.74) is 4.08. The first-order valence-electron chi connectivity index (χ1n) is 12.1. The number of nitrogens with one attached hydrogen (secondary N) is 2. The third kappa shape index (κ3) is 4.76. The van der Waals surface area contributed by atoms with Crippen LogP contribution in [0.3, 0.4) is 0 Å². The second-order valence-electron chi connectivity index (χ2n) is 9.12. The molecule has 0 radical (unpaired) electrons. The molecule has 0 bridgehead atoms. The smallest absolute Gasteiger partial charge is 0.270 e. The summed E-state index contributed by atoms with van der Waals surface area (Å²) >= 11 is 0. The Hall–Kier alpha value is -3.92. The molecule has 1 aliphatic rings. The number of fused-ring (bicyclic) bond motifs is 1. The molecule has 2 N–H and O–H groups in total. The molecule has 3 aromatic carbocycles. The number of benzene rings is 3. The van der Waals surface area contributed by atoms with Gasteiger partial charge in [0.1, 0.15) is 11.5 Å². The largest absolute Gasteiger partial charge is 0.354 e. The summed E-state index contributed by atoms with van der Waals surface area (Å²) in [5.74, 6) is -0.412. The zero-order valence-electron chi connectivity index (χ0n) is 20.8. The number of carbonyl (C=O) groups excluding carboxylic acids is 1. The molecular formula is C27H28FN5O3S. The van der Waals surface area contributed by atoms with Gasteiger partial charge in [-0.25, -0.2) is 17.5 Å². The van der Waals surface area contributed by atoms with Gasteiger partial charge in [-0.05, 0) is 79.8 Å². The van der Waals surface area contributed by atoms with Gasteiger partial charge in [0, 0.05) is 24.7 Å². The monoisotopic (exact) mass is 521 g/mol. The van der Waals surface area contributed by atoms with Crippen molar-refractivity contribution in [3.63, 3.8) is 0 Å². The number of aromatic nitrogens is 2. The lowest BCUT2D eigenvalue weighted by molar-refractivity contribution is 0.0957. The van der Waals surface area contributed by atoms with Crippen molar-refractivity contribution in [2.75, 3.05) is 29.5 Å². The number of amides is 1. The summed E-state index contributed by atoms with van der Waals surface area (Å²) in [7, 11) is -1.93. The maximum atomic E-state index is 14.0. The highest BCUT2D eigenvalue weighted by molar-refractivity contribution is 7.92. The zero-order valence-corrected chi connectivity index (χ0v) is 21.6. The minimum atomic E-state index is -3.49. The van der Waals surface area contributed by atoms with E-state index in [0.717, 1.165) is 18.4 Å². The average Bonchev–Trinajstić information content (AvgIpc) is 3.65. The third-order valence-corrected chi connectivity index (χ3v) is 7.76. The van der Waals surface area contributed by atoms with Crippen LogP contribution in [0.1, 0.15) is 41.7 Å². The number of rotatable bonds is 8. The van der Waals surface area contributed by atoms with Crippen LogP contribution >= 0.6 is 0 Å². The average molecular weight is 522 g/mol. The number of sulfonamides is 1. The number of halogens is 1. The fraction of sp³-hybridized carbons (Fsp3) is 0.259.